The molecule has 0 radical (unpaired) electrons. The highest BCUT2D eigenvalue weighted by Gasteiger charge is 2.48. The molecule has 2 saturated carbocycles. The molecule has 39 heavy (non-hydrogen) atoms. The fraction of sp³-hybridized carbons (Fsp3) is 0.235. The topological polar surface area (TPSA) is 56.5 Å². The van der Waals surface area contributed by atoms with Crippen molar-refractivity contribution in [3.63, 3.8) is 0 Å². The largest absolute Gasteiger partial charge is 0.262 e. The Kier molecular flexibility index (Phi) is 4.45. The summed E-state index contributed by atoms with van der Waals surface area (Å²) < 4.78 is 2.18. The summed E-state index contributed by atoms with van der Waals surface area (Å²) in [5.74, 6) is 4.95. The summed E-state index contributed by atoms with van der Waals surface area (Å²) in [5.41, 5.74) is 7.07. The van der Waals surface area contributed by atoms with Gasteiger partial charge in [-0.2, -0.15) is 9.97 Å². The zero-order chi connectivity index (χ0) is 25.5. The van der Waals surface area contributed by atoms with Crippen molar-refractivity contribution in [3.8, 4) is 28.7 Å². The van der Waals surface area contributed by atoms with Gasteiger partial charge in [0.25, 0.3) is 0 Å². The summed E-state index contributed by atoms with van der Waals surface area (Å²) in [6.07, 6.45) is 7.59. The van der Waals surface area contributed by atoms with Gasteiger partial charge in [-0.1, -0.05) is 78.9 Å². The van der Waals surface area contributed by atoms with Gasteiger partial charge in [0.1, 0.15) is 5.65 Å². The lowest BCUT2D eigenvalue weighted by atomic mass is 9.69. The molecule has 0 aliphatic heterocycles. The Balaban J connectivity index is 1.36. The van der Waals surface area contributed by atoms with Gasteiger partial charge in [-0.05, 0) is 66.5 Å². The first kappa shape index (κ1) is 21.5. The Labute approximate surface area is 226 Å². The van der Waals surface area contributed by atoms with Crippen LogP contribution in [0.1, 0.15) is 48.6 Å². The summed E-state index contributed by atoms with van der Waals surface area (Å²) in [6.45, 7) is 0. The maximum Gasteiger partial charge on any atom is 0.240 e. The van der Waals surface area contributed by atoms with Crippen LogP contribution in [0.5, 0.6) is 0 Å². The first-order valence-corrected chi connectivity index (χ1v) is 14.1. The van der Waals surface area contributed by atoms with E-state index in [0.29, 0.717) is 29.4 Å². The third kappa shape index (κ3) is 3.13. The Hall–Kier alpha value is -4.38. The normalized spacial score (nSPS) is 23.0. The Morgan fingerprint density at radius 2 is 1.36 bits per heavy atom. The van der Waals surface area contributed by atoms with Crippen LogP contribution in [0.25, 0.3) is 50.7 Å². The monoisotopic (exact) mass is 505 g/mol. The molecule has 2 fully saturated rings. The van der Waals surface area contributed by atoms with E-state index in [0.717, 1.165) is 34.1 Å². The minimum atomic E-state index is 0.615. The molecule has 6 aromatic rings. The number of benzene rings is 3. The molecule has 3 aromatic heterocycles. The van der Waals surface area contributed by atoms with E-state index in [9.17, 15) is 0 Å². The molecular formula is C34H27N5. The van der Waals surface area contributed by atoms with Crippen molar-refractivity contribution in [2.75, 3.05) is 0 Å². The highest BCUT2D eigenvalue weighted by atomic mass is 15.2. The average Bonchev–Trinajstić information content (AvgIpc) is 3.46. The van der Waals surface area contributed by atoms with Crippen LogP contribution >= 0.6 is 0 Å². The third-order valence-corrected chi connectivity index (χ3v) is 9.45. The molecule has 0 saturated heterocycles. The number of pyridine rings is 1. The second kappa shape index (κ2) is 8.06. The number of fused-ring (bicyclic) bond motifs is 9. The van der Waals surface area contributed by atoms with E-state index < -0.39 is 0 Å². The SMILES string of the molecule is c1ccc(-c2nc(-c3ccccc3)nc(-n3c4ccccc4c4c5c(cnc43)C3CC4CC(C3)C5C4)n2)cc1. The predicted octanol–water partition coefficient (Wildman–Crippen LogP) is 7.70. The highest BCUT2D eigenvalue weighted by molar-refractivity contribution is 6.10. The van der Waals surface area contributed by atoms with Crippen molar-refractivity contribution in [3.05, 3.63) is 102 Å². The van der Waals surface area contributed by atoms with Crippen LogP contribution in [0.3, 0.4) is 0 Å². The van der Waals surface area contributed by atoms with Gasteiger partial charge in [0.05, 0.1) is 5.52 Å². The predicted molar refractivity (Wildman–Crippen MR) is 154 cm³/mol. The Morgan fingerprint density at radius 3 is 2.10 bits per heavy atom. The average molecular weight is 506 g/mol. The van der Waals surface area contributed by atoms with Crippen molar-refractivity contribution in [1.29, 1.82) is 0 Å². The fourth-order valence-corrected chi connectivity index (χ4v) is 7.95. The zero-order valence-electron chi connectivity index (χ0n) is 21.5. The molecule has 3 bridgehead atoms. The number of nitrogens with zero attached hydrogens (tertiary/aromatic N) is 5. The molecule has 0 N–H and O–H groups in total. The number of hydrogen-bond donors (Lipinski definition) is 0. The van der Waals surface area contributed by atoms with Gasteiger partial charge in [0, 0.05) is 28.1 Å². The molecule has 4 unspecified atom stereocenters. The zero-order valence-corrected chi connectivity index (χ0v) is 21.5. The van der Waals surface area contributed by atoms with E-state index >= 15 is 0 Å². The van der Waals surface area contributed by atoms with Crippen molar-refractivity contribution >= 4 is 21.9 Å². The van der Waals surface area contributed by atoms with Crippen LogP contribution < -0.4 is 0 Å². The van der Waals surface area contributed by atoms with Gasteiger partial charge in [0.2, 0.25) is 5.95 Å². The van der Waals surface area contributed by atoms with Crippen LogP contribution in [-0.4, -0.2) is 24.5 Å². The lowest BCUT2D eigenvalue weighted by molar-refractivity contribution is 0.297. The van der Waals surface area contributed by atoms with Crippen LogP contribution in [0.15, 0.2) is 91.1 Å². The van der Waals surface area contributed by atoms with Gasteiger partial charge >= 0.3 is 0 Å². The van der Waals surface area contributed by atoms with Crippen molar-refractivity contribution in [2.45, 2.75) is 37.5 Å². The fourth-order valence-electron chi connectivity index (χ4n) is 7.95. The van der Waals surface area contributed by atoms with Crippen molar-refractivity contribution in [1.82, 2.24) is 24.5 Å². The van der Waals surface area contributed by atoms with Gasteiger partial charge in [-0.15, -0.1) is 0 Å². The summed E-state index contributed by atoms with van der Waals surface area (Å²) in [5, 5.41) is 2.57. The minimum Gasteiger partial charge on any atom is -0.262 e. The first-order valence-electron chi connectivity index (χ1n) is 14.1. The molecule has 0 amide bonds. The maximum atomic E-state index is 5.18. The second-order valence-electron chi connectivity index (χ2n) is 11.6. The summed E-state index contributed by atoms with van der Waals surface area (Å²) in [7, 11) is 0. The molecule has 9 rings (SSSR count). The molecule has 4 atom stereocenters. The van der Waals surface area contributed by atoms with Gasteiger partial charge in [-0.25, -0.2) is 9.97 Å². The molecular weight excluding hydrogens is 478 g/mol. The molecule has 3 heterocycles. The van der Waals surface area contributed by atoms with Crippen molar-refractivity contribution < 1.29 is 0 Å². The van der Waals surface area contributed by atoms with Crippen LogP contribution in [0, 0.1) is 11.8 Å². The quantitative estimate of drug-likeness (QED) is 0.247. The van der Waals surface area contributed by atoms with Crippen LogP contribution in [0.2, 0.25) is 0 Å². The van der Waals surface area contributed by atoms with E-state index in [1.165, 1.54) is 42.0 Å². The van der Waals surface area contributed by atoms with Gasteiger partial charge in [-0.3, -0.25) is 4.57 Å². The van der Waals surface area contributed by atoms with Crippen LogP contribution in [0.4, 0.5) is 0 Å². The minimum absolute atomic E-state index is 0.615. The van der Waals surface area contributed by atoms with Crippen LogP contribution in [-0.2, 0) is 0 Å². The molecule has 0 spiro atoms. The van der Waals surface area contributed by atoms with E-state index in [1.54, 1.807) is 5.56 Å². The van der Waals surface area contributed by atoms with Gasteiger partial charge < -0.3 is 0 Å². The first-order chi connectivity index (χ1) is 19.3. The second-order valence-corrected chi connectivity index (χ2v) is 11.6. The number of hydrogen-bond acceptors (Lipinski definition) is 4. The smallest absolute Gasteiger partial charge is 0.240 e. The lowest BCUT2D eigenvalue weighted by Crippen LogP contribution is -2.23. The lowest BCUT2D eigenvalue weighted by Gasteiger charge is -2.36. The summed E-state index contributed by atoms with van der Waals surface area (Å²) in [6, 6.07) is 29.1. The molecule has 5 heteroatoms. The van der Waals surface area contributed by atoms with E-state index in [-0.39, 0.29) is 0 Å². The third-order valence-electron chi connectivity index (χ3n) is 9.45. The molecule has 3 aliphatic carbocycles. The maximum absolute atomic E-state index is 5.18. The van der Waals surface area contributed by atoms with E-state index in [2.05, 4.69) is 59.3 Å². The van der Waals surface area contributed by atoms with E-state index in [4.69, 9.17) is 19.9 Å². The Bertz CT molecular complexity index is 1830. The molecule has 188 valence electrons. The number of rotatable bonds is 3. The highest BCUT2D eigenvalue weighted by Crippen LogP contribution is 2.61. The molecule has 3 aliphatic rings. The molecule has 5 nitrogen and oxygen atoms in total. The Morgan fingerprint density at radius 1 is 0.667 bits per heavy atom. The summed E-state index contributed by atoms with van der Waals surface area (Å²) >= 11 is 0. The number of aromatic nitrogens is 5. The molecule has 3 aromatic carbocycles. The summed E-state index contributed by atoms with van der Waals surface area (Å²) in [4.78, 5) is 20.2. The van der Waals surface area contributed by atoms with E-state index in [1.807, 2.05) is 36.4 Å². The standard InChI is InChI=1S/C34H27N5/c1-3-9-21(10-4-1)31-36-32(22-11-5-2-6-12-22)38-34(37-31)39-28-14-8-7-13-25(28)30-29-26-17-20-15-23(26)18-24(16-20)27(29)19-35-33(30)39/h1-14,19-20,23-24,26H,15-18H2. The van der Waals surface area contributed by atoms with Gasteiger partial charge in [0.15, 0.2) is 11.6 Å². The number of para-hydroxylation sites is 1. The van der Waals surface area contributed by atoms with Crippen molar-refractivity contribution in [2.24, 2.45) is 11.8 Å².